The first kappa shape index (κ1) is 14.3. The smallest absolute Gasteiger partial charge is 0.133 e. The lowest BCUT2D eigenvalue weighted by molar-refractivity contribution is 0.579. The van der Waals surface area contributed by atoms with E-state index in [0.29, 0.717) is 0 Å². The highest BCUT2D eigenvalue weighted by atomic mass is 19.1. The predicted octanol–water partition coefficient (Wildman–Crippen LogP) is 4.50. The summed E-state index contributed by atoms with van der Waals surface area (Å²) in [5, 5.41) is -0.0441. The zero-order chi connectivity index (χ0) is 12.7. The second-order valence-electron chi connectivity index (χ2n) is 5.53. The van der Waals surface area contributed by atoms with Gasteiger partial charge in [-0.15, -0.1) is 0 Å². The van der Waals surface area contributed by atoms with Crippen LogP contribution in [-0.2, 0) is 5.31 Å². The lowest BCUT2D eigenvalue weighted by Crippen LogP contribution is -2.26. The summed E-state index contributed by atoms with van der Waals surface area (Å²) in [5.41, 5.74) is 0.857. The SMILES string of the molecule is CCCCCCBC(C)(C)c1ccccc1F. The van der Waals surface area contributed by atoms with Crippen molar-refractivity contribution >= 4 is 7.28 Å². The molecule has 0 unspecified atom stereocenters. The Morgan fingerprint density at radius 3 is 2.47 bits per heavy atom. The van der Waals surface area contributed by atoms with Crippen LogP contribution in [0.1, 0.15) is 52.0 Å². The molecule has 0 radical (unpaired) electrons. The van der Waals surface area contributed by atoms with Gasteiger partial charge in [-0.1, -0.05) is 71.0 Å². The number of unbranched alkanes of at least 4 members (excludes halogenated alkanes) is 3. The third kappa shape index (κ3) is 4.53. The summed E-state index contributed by atoms with van der Waals surface area (Å²) in [6.45, 7) is 6.51. The quantitative estimate of drug-likeness (QED) is 0.481. The van der Waals surface area contributed by atoms with Crippen LogP contribution in [-0.4, -0.2) is 7.28 Å². The number of rotatable bonds is 7. The molecule has 0 spiro atoms. The predicted molar refractivity (Wildman–Crippen MR) is 75.5 cm³/mol. The van der Waals surface area contributed by atoms with E-state index in [0.717, 1.165) is 12.8 Å². The maximum Gasteiger partial charge on any atom is 0.133 e. The van der Waals surface area contributed by atoms with E-state index in [2.05, 4.69) is 20.8 Å². The van der Waals surface area contributed by atoms with Crippen LogP contribution in [0.2, 0.25) is 6.32 Å². The lowest BCUT2D eigenvalue weighted by Gasteiger charge is -2.24. The molecule has 0 aliphatic rings. The van der Waals surface area contributed by atoms with Crippen LogP contribution in [0, 0.1) is 5.82 Å². The fourth-order valence-corrected chi connectivity index (χ4v) is 2.32. The molecule has 0 saturated carbocycles. The van der Waals surface area contributed by atoms with Gasteiger partial charge in [0.15, 0.2) is 0 Å². The number of hydrogen-bond acceptors (Lipinski definition) is 0. The van der Waals surface area contributed by atoms with Crippen molar-refractivity contribution in [2.75, 3.05) is 0 Å². The molecule has 0 saturated heterocycles. The Morgan fingerprint density at radius 2 is 1.82 bits per heavy atom. The normalized spacial score (nSPS) is 11.5. The second kappa shape index (κ2) is 6.83. The fourth-order valence-electron chi connectivity index (χ4n) is 2.32. The largest absolute Gasteiger partial charge is 0.207 e. The molecule has 2 heteroatoms. The Balaban J connectivity index is 2.48. The Hall–Kier alpha value is -0.785. The van der Waals surface area contributed by atoms with Gasteiger partial charge in [-0.05, 0) is 16.9 Å². The summed E-state index contributed by atoms with van der Waals surface area (Å²) in [6.07, 6.45) is 6.37. The van der Waals surface area contributed by atoms with Crippen molar-refractivity contribution in [2.45, 2.75) is 58.1 Å². The third-order valence-electron chi connectivity index (χ3n) is 3.51. The van der Waals surface area contributed by atoms with Crippen molar-refractivity contribution in [1.82, 2.24) is 0 Å². The Kier molecular flexibility index (Phi) is 5.74. The van der Waals surface area contributed by atoms with Gasteiger partial charge in [0.25, 0.3) is 0 Å². The number of hydrogen-bond donors (Lipinski definition) is 0. The highest BCUT2D eigenvalue weighted by Crippen LogP contribution is 2.26. The maximum absolute atomic E-state index is 13.7. The molecular weight excluding hydrogens is 210 g/mol. The van der Waals surface area contributed by atoms with Gasteiger partial charge in [0.2, 0.25) is 0 Å². The van der Waals surface area contributed by atoms with Crippen LogP contribution >= 0.6 is 0 Å². The molecule has 0 aromatic heterocycles. The van der Waals surface area contributed by atoms with E-state index in [1.165, 1.54) is 32.0 Å². The molecule has 0 aliphatic carbocycles. The summed E-state index contributed by atoms with van der Waals surface area (Å²) >= 11 is 0. The van der Waals surface area contributed by atoms with Gasteiger partial charge in [0.1, 0.15) is 13.1 Å². The van der Waals surface area contributed by atoms with Crippen LogP contribution in [0.4, 0.5) is 4.39 Å². The minimum absolute atomic E-state index is 0.0441. The van der Waals surface area contributed by atoms with Gasteiger partial charge in [-0.25, -0.2) is 4.39 Å². The van der Waals surface area contributed by atoms with E-state index < -0.39 is 0 Å². The molecule has 1 aromatic carbocycles. The summed E-state index contributed by atoms with van der Waals surface area (Å²) in [5.74, 6) is -0.0638. The molecule has 0 aliphatic heterocycles. The van der Waals surface area contributed by atoms with Gasteiger partial charge in [-0.2, -0.15) is 0 Å². The van der Waals surface area contributed by atoms with Crippen molar-refractivity contribution < 1.29 is 4.39 Å². The Labute approximate surface area is 106 Å². The molecule has 17 heavy (non-hydrogen) atoms. The van der Waals surface area contributed by atoms with Crippen molar-refractivity contribution in [2.24, 2.45) is 0 Å². The van der Waals surface area contributed by atoms with Crippen molar-refractivity contribution in [3.05, 3.63) is 35.6 Å². The van der Waals surface area contributed by atoms with Crippen molar-refractivity contribution in [1.29, 1.82) is 0 Å². The molecule has 0 nitrogen and oxygen atoms in total. The van der Waals surface area contributed by atoms with E-state index in [4.69, 9.17) is 0 Å². The highest BCUT2D eigenvalue weighted by Gasteiger charge is 2.24. The first-order chi connectivity index (χ1) is 8.08. The molecule has 0 heterocycles. The van der Waals surface area contributed by atoms with E-state index in [-0.39, 0.29) is 11.1 Å². The zero-order valence-electron chi connectivity index (χ0n) is 11.4. The zero-order valence-corrected chi connectivity index (χ0v) is 11.4. The first-order valence-corrected chi connectivity index (χ1v) is 6.83. The fraction of sp³-hybridized carbons (Fsp3) is 0.600. The summed E-state index contributed by atoms with van der Waals surface area (Å²) in [4.78, 5) is 0. The molecule has 0 fully saturated rings. The lowest BCUT2D eigenvalue weighted by atomic mass is 9.49. The van der Waals surface area contributed by atoms with Gasteiger partial charge in [0.05, 0.1) is 0 Å². The van der Waals surface area contributed by atoms with Crippen LogP contribution in [0.3, 0.4) is 0 Å². The van der Waals surface area contributed by atoms with E-state index in [1.807, 2.05) is 12.1 Å². The molecule has 1 aromatic rings. The topological polar surface area (TPSA) is 0 Å². The van der Waals surface area contributed by atoms with Gasteiger partial charge in [0, 0.05) is 0 Å². The minimum Gasteiger partial charge on any atom is -0.207 e. The molecule has 1 rings (SSSR count). The average Bonchev–Trinajstić information content (AvgIpc) is 2.29. The molecule has 0 atom stereocenters. The average molecular weight is 234 g/mol. The number of benzene rings is 1. The summed E-state index contributed by atoms with van der Waals surface area (Å²) in [7, 11) is 1.07. The maximum atomic E-state index is 13.7. The third-order valence-corrected chi connectivity index (χ3v) is 3.51. The molecule has 0 amide bonds. The van der Waals surface area contributed by atoms with Crippen LogP contribution in [0.5, 0.6) is 0 Å². The Bertz CT molecular complexity index is 333. The molecule has 0 bridgehead atoms. The first-order valence-electron chi connectivity index (χ1n) is 6.83. The van der Waals surface area contributed by atoms with E-state index in [9.17, 15) is 4.39 Å². The van der Waals surface area contributed by atoms with Crippen LogP contribution in [0.15, 0.2) is 24.3 Å². The van der Waals surface area contributed by atoms with Gasteiger partial charge >= 0.3 is 0 Å². The van der Waals surface area contributed by atoms with Crippen LogP contribution in [0.25, 0.3) is 0 Å². The summed E-state index contributed by atoms with van der Waals surface area (Å²) in [6, 6.07) is 7.17. The van der Waals surface area contributed by atoms with Crippen molar-refractivity contribution in [3.63, 3.8) is 0 Å². The standard InChI is InChI=1S/C15H24BF/c1-4-5-6-9-12-16-15(2,3)13-10-7-8-11-14(13)17/h7-8,10-11,16H,4-6,9,12H2,1-3H3. The van der Waals surface area contributed by atoms with Crippen molar-refractivity contribution in [3.8, 4) is 0 Å². The van der Waals surface area contributed by atoms with Gasteiger partial charge < -0.3 is 0 Å². The second-order valence-corrected chi connectivity index (χ2v) is 5.53. The monoisotopic (exact) mass is 234 g/mol. The Morgan fingerprint density at radius 1 is 1.12 bits per heavy atom. The minimum atomic E-state index is -0.0638. The summed E-state index contributed by atoms with van der Waals surface area (Å²) < 4.78 is 13.7. The highest BCUT2D eigenvalue weighted by molar-refractivity contribution is 6.39. The van der Waals surface area contributed by atoms with Gasteiger partial charge in [-0.3, -0.25) is 0 Å². The number of halogens is 1. The van der Waals surface area contributed by atoms with Crippen LogP contribution < -0.4 is 0 Å². The molecule has 0 N–H and O–H groups in total. The van der Waals surface area contributed by atoms with E-state index in [1.54, 1.807) is 12.1 Å². The van der Waals surface area contributed by atoms with E-state index >= 15 is 0 Å². The molecular formula is C15H24BF. The molecule has 94 valence electrons.